The Kier molecular flexibility index (Phi) is 6.65. The van der Waals surface area contributed by atoms with Crippen molar-refractivity contribution in [1.29, 1.82) is 5.26 Å². The fourth-order valence-corrected chi connectivity index (χ4v) is 3.81. The van der Waals surface area contributed by atoms with Crippen LogP contribution in [0.4, 0.5) is 0 Å². The van der Waals surface area contributed by atoms with E-state index in [1.165, 1.54) is 6.42 Å². The lowest BCUT2D eigenvalue weighted by molar-refractivity contribution is -0.126. The molecular formula is C23H27N3O2. The number of rotatable bonds is 6. The van der Waals surface area contributed by atoms with Gasteiger partial charge in [0.25, 0.3) is 5.56 Å². The number of H-pyrrole nitrogens is 1. The molecule has 1 aliphatic rings. The normalized spacial score (nSPS) is 15.6. The molecule has 1 aromatic heterocycles. The molecule has 2 N–H and O–H groups in total. The van der Waals surface area contributed by atoms with E-state index >= 15 is 0 Å². The standard InChI is InChI=1S/C23H27N3O2/c1-2-17-13-20(15-25-22(17)27)18-10-8-16(9-11-18)12-21(14-24)26-23(28)19-6-4-3-5-7-19/h8-11,13,15,19,21H,2-7,12H2,1H3,(H,25,27)(H,26,28). The van der Waals surface area contributed by atoms with Crippen LogP contribution in [0.5, 0.6) is 0 Å². The number of hydrogen-bond donors (Lipinski definition) is 2. The predicted molar refractivity (Wildman–Crippen MR) is 110 cm³/mol. The number of carbonyl (C=O) groups is 1. The lowest BCUT2D eigenvalue weighted by atomic mass is 9.88. The van der Waals surface area contributed by atoms with Crippen LogP contribution in [0, 0.1) is 17.2 Å². The monoisotopic (exact) mass is 377 g/mol. The minimum Gasteiger partial charge on any atom is -0.340 e. The Morgan fingerprint density at radius 3 is 2.57 bits per heavy atom. The van der Waals surface area contributed by atoms with E-state index in [0.29, 0.717) is 12.8 Å². The molecular weight excluding hydrogens is 350 g/mol. The Labute approximate surface area is 165 Å². The van der Waals surface area contributed by atoms with Gasteiger partial charge in [0.15, 0.2) is 0 Å². The molecule has 0 bridgehead atoms. The van der Waals surface area contributed by atoms with Gasteiger partial charge in [-0.05, 0) is 42.0 Å². The van der Waals surface area contributed by atoms with Crippen molar-refractivity contribution in [1.82, 2.24) is 10.3 Å². The van der Waals surface area contributed by atoms with Gasteiger partial charge in [-0.15, -0.1) is 0 Å². The van der Waals surface area contributed by atoms with Gasteiger partial charge in [-0.1, -0.05) is 50.5 Å². The summed E-state index contributed by atoms with van der Waals surface area (Å²) in [5.74, 6) is 0.0724. The van der Waals surface area contributed by atoms with Crippen LogP contribution in [0.2, 0.25) is 0 Å². The third-order valence-corrected chi connectivity index (χ3v) is 5.54. The highest BCUT2D eigenvalue weighted by molar-refractivity contribution is 5.79. The van der Waals surface area contributed by atoms with Gasteiger partial charge in [0.05, 0.1) is 6.07 Å². The Morgan fingerprint density at radius 1 is 1.21 bits per heavy atom. The van der Waals surface area contributed by atoms with E-state index in [0.717, 1.165) is 47.9 Å². The third-order valence-electron chi connectivity index (χ3n) is 5.54. The van der Waals surface area contributed by atoms with E-state index in [1.807, 2.05) is 37.3 Å². The zero-order valence-electron chi connectivity index (χ0n) is 16.3. The number of nitrogens with zero attached hydrogens (tertiary/aromatic N) is 1. The van der Waals surface area contributed by atoms with Gasteiger partial charge in [-0.3, -0.25) is 9.59 Å². The summed E-state index contributed by atoms with van der Waals surface area (Å²) >= 11 is 0. The number of nitrogens with one attached hydrogen (secondary N) is 2. The molecule has 28 heavy (non-hydrogen) atoms. The highest BCUT2D eigenvalue weighted by atomic mass is 16.2. The van der Waals surface area contributed by atoms with Crippen molar-refractivity contribution >= 4 is 5.91 Å². The van der Waals surface area contributed by atoms with Gasteiger partial charge in [0, 0.05) is 24.1 Å². The number of benzene rings is 1. The average Bonchev–Trinajstić information content (AvgIpc) is 2.74. The van der Waals surface area contributed by atoms with Crippen LogP contribution in [0.3, 0.4) is 0 Å². The highest BCUT2D eigenvalue weighted by Crippen LogP contribution is 2.24. The number of amides is 1. The van der Waals surface area contributed by atoms with Crippen molar-refractivity contribution in [2.75, 3.05) is 0 Å². The minimum absolute atomic E-state index is 0.0169. The predicted octanol–water partition coefficient (Wildman–Crippen LogP) is 3.74. The van der Waals surface area contributed by atoms with Crippen molar-refractivity contribution in [3.8, 4) is 17.2 Å². The van der Waals surface area contributed by atoms with Gasteiger partial charge in [-0.2, -0.15) is 5.26 Å². The van der Waals surface area contributed by atoms with Gasteiger partial charge in [0.1, 0.15) is 6.04 Å². The maximum Gasteiger partial charge on any atom is 0.251 e. The first kappa shape index (κ1) is 19.9. The molecule has 0 saturated heterocycles. The Morgan fingerprint density at radius 2 is 1.93 bits per heavy atom. The van der Waals surface area contributed by atoms with Gasteiger partial charge < -0.3 is 10.3 Å². The van der Waals surface area contributed by atoms with E-state index in [4.69, 9.17) is 0 Å². The summed E-state index contributed by atoms with van der Waals surface area (Å²) in [6.45, 7) is 1.96. The number of nitriles is 1. The largest absolute Gasteiger partial charge is 0.340 e. The molecule has 5 nitrogen and oxygen atoms in total. The van der Waals surface area contributed by atoms with E-state index in [9.17, 15) is 14.9 Å². The number of pyridine rings is 1. The lowest BCUT2D eigenvalue weighted by Gasteiger charge is -2.22. The lowest BCUT2D eigenvalue weighted by Crippen LogP contribution is -2.40. The zero-order valence-corrected chi connectivity index (χ0v) is 16.3. The molecule has 0 aliphatic heterocycles. The quantitative estimate of drug-likeness (QED) is 0.804. The SMILES string of the molecule is CCc1cc(-c2ccc(CC(C#N)NC(=O)C3CCCCC3)cc2)c[nH]c1=O. The second-order valence-electron chi connectivity index (χ2n) is 7.52. The van der Waals surface area contributed by atoms with Crippen molar-refractivity contribution in [3.63, 3.8) is 0 Å². The molecule has 1 saturated carbocycles. The molecule has 5 heteroatoms. The van der Waals surface area contributed by atoms with Crippen molar-refractivity contribution in [3.05, 3.63) is 58.0 Å². The highest BCUT2D eigenvalue weighted by Gasteiger charge is 2.23. The summed E-state index contributed by atoms with van der Waals surface area (Å²) < 4.78 is 0. The first-order valence-corrected chi connectivity index (χ1v) is 10.1. The van der Waals surface area contributed by atoms with E-state index in [2.05, 4.69) is 16.4 Å². The van der Waals surface area contributed by atoms with E-state index < -0.39 is 6.04 Å². The Balaban J connectivity index is 1.64. The van der Waals surface area contributed by atoms with Crippen LogP contribution in [0.15, 0.2) is 41.3 Å². The third kappa shape index (κ3) is 4.89. The average molecular weight is 377 g/mol. The minimum atomic E-state index is -0.514. The summed E-state index contributed by atoms with van der Waals surface area (Å²) in [7, 11) is 0. The van der Waals surface area contributed by atoms with E-state index in [-0.39, 0.29) is 17.4 Å². The number of hydrogen-bond acceptors (Lipinski definition) is 3. The first-order chi connectivity index (χ1) is 13.6. The zero-order chi connectivity index (χ0) is 19.9. The molecule has 1 aromatic carbocycles. The summed E-state index contributed by atoms with van der Waals surface area (Å²) in [5.41, 5.74) is 3.68. The van der Waals surface area contributed by atoms with Gasteiger partial charge >= 0.3 is 0 Å². The number of aromatic amines is 1. The first-order valence-electron chi connectivity index (χ1n) is 10.1. The van der Waals surface area contributed by atoms with E-state index in [1.54, 1.807) is 6.20 Å². The fraction of sp³-hybridized carbons (Fsp3) is 0.435. The molecule has 2 aromatic rings. The molecule has 1 unspecified atom stereocenters. The fourth-order valence-electron chi connectivity index (χ4n) is 3.81. The maximum absolute atomic E-state index is 12.4. The van der Waals surface area contributed by atoms with Crippen LogP contribution in [-0.4, -0.2) is 16.9 Å². The summed E-state index contributed by atoms with van der Waals surface area (Å²) in [6, 6.07) is 11.5. The van der Waals surface area contributed by atoms with Crippen LogP contribution in [0.25, 0.3) is 11.1 Å². The Bertz CT molecular complexity index is 903. The molecule has 3 rings (SSSR count). The molecule has 0 radical (unpaired) electrons. The Hall–Kier alpha value is -2.87. The molecule has 1 heterocycles. The number of aromatic nitrogens is 1. The van der Waals surface area contributed by atoms with Crippen molar-refractivity contribution in [2.45, 2.75) is 57.9 Å². The molecule has 1 amide bonds. The summed E-state index contributed by atoms with van der Waals surface area (Å²) in [4.78, 5) is 26.9. The second-order valence-corrected chi connectivity index (χ2v) is 7.52. The molecule has 1 atom stereocenters. The topological polar surface area (TPSA) is 85.8 Å². The van der Waals surface area contributed by atoms with Gasteiger partial charge in [-0.25, -0.2) is 0 Å². The molecule has 146 valence electrons. The smallest absolute Gasteiger partial charge is 0.251 e. The second kappa shape index (κ2) is 9.36. The summed E-state index contributed by atoms with van der Waals surface area (Å²) in [5, 5.41) is 12.4. The molecule has 1 fully saturated rings. The number of aryl methyl sites for hydroxylation is 1. The van der Waals surface area contributed by atoms with Crippen LogP contribution in [0.1, 0.15) is 50.2 Å². The molecule has 1 aliphatic carbocycles. The van der Waals surface area contributed by atoms with Crippen LogP contribution >= 0.6 is 0 Å². The maximum atomic E-state index is 12.4. The number of carbonyl (C=O) groups excluding carboxylic acids is 1. The van der Waals surface area contributed by atoms with Gasteiger partial charge in [0.2, 0.25) is 5.91 Å². The van der Waals surface area contributed by atoms with Crippen LogP contribution < -0.4 is 10.9 Å². The molecule has 0 spiro atoms. The van der Waals surface area contributed by atoms with Crippen LogP contribution in [-0.2, 0) is 17.6 Å². The van der Waals surface area contributed by atoms with Crippen molar-refractivity contribution < 1.29 is 4.79 Å². The van der Waals surface area contributed by atoms with Crippen molar-refractivity contribution in [2.24, 2.45) is 5.92 Å². The summed E-state index contributed by atoms with van der Waals surface area (Å²) in [6.07, 6.45) is 8.15.